The molecule has 1 aromatic carbocycles. The molecule has 2 aromatic heterocycles. The summed E-state index contributed by atoms with van der Waals surface area (Å²) in [4.78, 5) is 22.8. The molecule has 0 unspecified atom stereocenters. The van der Waals surface area contributed by atoms with Gasteiger partial charge in [-0.1, -0.05) is 17.2 Å². The van der Waals surface area contributed by atoms with Crippen molar-refractivity contribution in [1.29, 1.82) is 0 Å². The average molecular weight is 605 g/mol. The number of benzene rings is 1. The van der Waals surface area contributed by atoms with Crippen LogP contribution in [0.5, 0.6) is 0 Å². The standard InChI is InChI=1S/C27H24ClF3N6O3S/c1-36-10-8-24(35-36)41(39,40)37-11-7-18-12-22(34-21-4-2-20(28)3-5-21)17(15-32)14-26(18,16-37)25(38)23-13-19(6-9-33-23)27(29,30)31/h2-6,8-10,12-13,15H,7,11,14,16,32H2,1H3/t26-/m0/s1. The Hall–Kier alpha value is -3.81. The number of allylic oxidation sites excluding steroid dienone is 2. The third kappa shape index (κ3) is 5.44. The van der Waals surface area contributed by atoms with E-state index in [0.717, 1.165) is 16.6 Å². The Morgan fingerprint density at radius 2 is 1.93 bits per heavy atom. The van der Waals surface area contributed by atoms with Gasteiger partial charge in [0.1, 0.15) is 5.69 Å². The van der Waals surface area contributed by atoms with Crippen LogP contribution in [0.2, 0.25) is 5.02 Å². The molecule has 9 nitrogen and oxygen atoms in total. The number of aryl methyl sites for hydroxylation is 1. The number of aromatic nitrogens is 3. The van der Waals surface area contributed by atoms with Crippen molar-refractivity contribution in [2.75, 3.05) is 13.1 Å². The molecule has 3 heterocycles. The molecule has 41 heavy (non-hydrogen) atoms. The zero-order valence-corrected chi connectivity index (χ0v) is 23.2. The van der Waals surface area contributed by atoms with Crippen molar-refractivity contribution in [1.82, 2.24) is 19.1 Å². The number of Topliss-reactive ketones (excluding diaryl/α,β-unsaturated/α-hetero) is 1. The van der Waals surface area contributed by atoms with Crippen LogP contribution in [0.25, 0.3) is 0 Å². The SMILES string of the molecule is Cn1ccc(S(=O)(=O)N2CCC3=CC(=Nc4ccc(Cl)cc4)C(=CN)C[C@]3(C(=O)c3cc(C(F)(F)F)ccn3)C2)n1. The largest absolute Gasteiger partial charge is 0.416 e. The minimum Gasteiger partial charge on any atom is -0.404 e. The molecular formula is C27H24ClF3N6O3S. The van der Waals surface area contributed by atoms with Crippen LogP contribution in [-0.4, -0.2) is 52.1 Å². The lowest BCUT2D eigenvalue weighted by Crippen LogP contribution is -2.53. The molecule has 2 N–H and O–H groups in total. The van der Waals surface area contributed by atoms with Gasteiger partial charge in [-0.25, -0.2) is 13.4 Å². The number of sulfonamides is 1. The fourth-order valence-electron chi connectivity index (χ4n) is 5.07. The predicted molar refractivity (Wildman–Crippen MR) is 146 cm³/mol. The summed E-state index contributed by atoms with van der Waals surface area (Å²) in [6.45, 7) is -0.328. The van der Waals surface area contributed by atoms with Crippen LogP contribution in [0, 0.1) is 5.41 Å². The number of carbonyl (C=O) groups is 1. The topological polar surface area (TPSA) is 124 Å². The Morgan fingerprint density at radius 3 is 2.56 bits per heavy atom. The van der Waals surface area contributed by atoms with Crippen molar-refractivity contribution in [3.05, 3.63) is 94.6 Å². The van der Waals surface area contributed by atoms with Crippen LogP contribution in [0.4, 0.5) is 18.9 Å². The molecule has 1 aliphatic heterocycles. The predicted octanol–water partition coefficient (Wildman–Crippen LogP) is 4.70. The Balaban J connectivity index is 1.64. The molecule has 214 valence electrons. The smallest absolute Gasteiger partial charge is 0.404 e. The first-order chi connectivity index (χ1) is 19.3. The van der Waals surface area contributed by atoms with Gasteiger partial charge in [-0.15, -0.1) is 0 Å². The number of nitrogens with two attached hydrogens (primary N) is 1. The number of halogens is 4. The Kier molecular flexibility index (Phi) is 7.38. The minimum atomic E-state index is -4.71. The summed E-state index contributed by atoms with van der Waals surface area (Å²) in [7, 11) is -2.57. The van der Waals surface area contributed by atoms with Crippen molar-refractivity contribution in [3.8, 4) is 0 Å². The molecule has 3 aromatic rings. The molecule has 1 aliphatic carbocycles. The second-order valence-corrected chi connectivity index (χ2v) is 12.1. The molecular weight excluding hydrogens is 581 g/mol. The van der Waals surface area contributed by atoms with E-state index in [1.165, 1.54) is 23.1 Å². The van der Waals surface area contributed by atoms with E-state index in [4.69, 9.17) is 17.3 Å². The molecule has 1 saturated heterocycles. The van der Waals surface area contributed by atoms with Crippen molar-refractivity contribution in [2.45, 2.75) is 24.0 Å². The molecule has 14 heteroatoms. The Bertz CT molecular complexity index is 1710. The van der Waals surface area contributed by atoms with Gasteiger partial charge in [-0.2, -0.15) is 22.6 Å². The maximum absolute atomic E-state index is 14.2. The number of piperidine rings is 1. The third-order valence-corrected chi connectivity index (χ3v) is 9.14. The summed E-state index contributed by atoms with van der Waals surface area (Å²) in [5.41, 5.74) is 4.87. The van der Waals surface area contributed by atoms with E-state index in [2.05, 4.69) is 15.1 Å². The van der Waals surface area contributed by atoms with Crippen LogP contribution in [0.15, 0.2) is 88.3 Å². The minimum absolute atomic E-state index is 0.0195. The van der Waals surface area contributed by atoms with E-state index in [1.807, 2.05) is 0 Å². The van der Waals surface area contributed by atoms with Gasteiger partial charge in [0.2, 0.25) is 0 Å². The highest BCUT2D eigenvalue weighted by molar-refractivity contribution is 7.89. The number of aliphatic imine (C=N–C) groups is 1. The van der Waals surface area contributed by atoms with Gasteiger partial charge in [0, 0.05) is 37.6 Å². The zero-order valence-electron chi connectivity index (χ0n) is 21.6. The molecule has 2 aliphatic rings. The lowest BCUT2D eigenvalue weighted by molar-refractivity contribution is -0.137. The van der Waals surface area contributed by atoms with Gasteiger partial charge in [-0.05, 0) is 73.2 Å². The highest BCUT2D eigenvalue weighted by Crippen LogP contribution is 2.48. The summed E-state index contributed by atoms with van der Waals surface area (Å²) < 4.78 is 70.1. The van der Waals surface area contributed by atoms with E-state index >= 15 is 0 Å². The van der Waals surface area contributed by atoms with Gasteiger partial charge in [0.25, 0.3) is 10.0 Å². The van der Waals surface area contributed by atoms with Crippen LogP contribution >= 0.6 is 11.6 Å². The zero-order chi connectivity index (χ0) is 29.6. The Labute approximate surface area is 238 Å². The molecule has 0 spiro atoms. The highest BCUT2D eigenvalue weighted by atomic mass is 35.5. The number of carbonyl (C=O) groups excluding carboxylic acids is 1. The van der Waals surface area contributed by atoms with E-state index in [1.54, 1.807) is 37.4 Å². The first kappa shape index (κ1) is 28.7. The van der Waals surface area contributed by atoms with Gasteiger partial charge in [0.15, 0.2) is 10.8 Å². The molecule has 0 amide bonds. The summed E-state index contributed by atoms with van der Waals surface area (Å²) in [5.74, 6) is -0.749. The molecule has 0 radical (unpaired) electrons. The maximum Gasteiger partial charge on any atom is 0.416 e. The Morgan fingerprint density at radius 1 is 1.20 bits per heavy atom. The number of fused-ring (bicyclic) bond motifs is 1. The molecule has 5 rings (SSSR count). The van der Waals surface area contributed by atoms with Crippen molar-refractivity contribution < 1.29 is 26.4 Å². The highest BCUT2D eigenvalue weighted by Gasteiger charge is 2.52. The number of nitrogens with zero attached hydrogens (tertiary/aromatic N) is 5. The monoisotopic (exact) mass is 604 g/mol. The second-order valence-electron chi connectivity index (χ2n) is 9.77. The van der Waals surface area contributed by atoms with Gasteiger partial charge in [0.05, 0.1) is 22.4 Å². The van der Waals surface area contributed by atoms with Crippen molar-refractivity contribution in [3.63, 3.8) is 0 Å². The summed E-state index contributed by atoms with van der Waals surface area (Å²) >= 11 is 5.98. The number of ketones is 1. The number of pyridine rings is 1. The normalized spacial score (nSPS) is 22.0. The van der Waals surface area contributed by atoms with Crippen LogP contribution < -0.4 is 5.73 Å². The van der Waals surface area contributed by atoms with E-state index < -0.39 is 38.7 Å². The number of hydrogen-bond donors (Lipinski definition) is 1. The first-order valence-corrected chi connectivity index (χ1v) is 14.2. The average Bonchev–Trinajstić information content (AvgIpc) is 3.40. The first-order valence-electron chi connectivity index (χ1n) is 12.4. The quantitative estimate of drug-likeness (QED) is 0.421. The molecule has 0 saturated carbocycles. The second kappa shape index (κ2) is 10.5. The van der Waals surface area contributed by atoms with E-state index in [-0.39, 0.29) is 31.0 Å². The molecule has 1 atom stereocenters. The van der Waals surface area contributed by atoms with Crippen molar-refractivity contribution in [2.24, 2.45) is 23.2 Å². The third-order valence-electron chi connectivity index (χ3n) is 7.15. The van der Waals surface area contributed by atoms with Crippen molar-refractivity contribution >= 4 is 38.8 Å². The van der Waals surface area contributed by atoms with Gasteiger partial charge < -0.3 is 5.73 Å². The molecule has 0 bridgehead atoms. The summed E-state index contributed by atoms with van der Waals surface area (Å²) in [6, 6.07) is 9.52. The fourth-order valence-corrected chi connectivity index (χ4v) is 6.64. The lowest BCUT2D eigenvalue weighted by atomic mass is 9.64. The van der Waals surface area contributed by atoms with Gasteiger partial charge in [-0.3, -0.25) is 14.5 Å². The molecule has 1 fully saturated rings. The lowest BCUT2D eigenvalue weighted by Gasteiger charge is -2.45. The number of rotatable bonds is 5. The van der Waals surface area contributed by atoms with Crippen LogP contribution in [0.1, 0.15) is 28.9 Å². The van der Waals surface area contributed by atoms with Crippen LogP contribution in [-0.2, 0) is 23.2 Å². The summed E-state index contributed by atoms with van der Waals surface area (Å²) in [6.07, 6.45) is 0.627. The van der Waals surface area contributed by atoms with E-state index in [0.29, 0.717) is 33.6 Å². The number of hydrogen-bond acceptors (Lipinski definition) is 7. The van der Waals surface area contributed by atoms with Gasteiger partial charge >= 0.3 is 6.18 Å². The van der Waals surface area contributed by atoms with Crippen LogP contribution in [0.3, 0.4) is 0 Å². The van der Waals surface area contributed by atoms with E-state index in [9.17, 15) is 26.4 Å². The maximum atomic E-state index is 14.2. The number of alkyl halides is 3. The fraction of sp³-hybridized carbons (Fsp3) is 0.259. The summed E-state index contributed by atoms with van der Waals surface area (Å²) in [5, 5.41) is 4.33.